The van der Waals surface area contributed by atoms with Gasteiger partial charge in [-0.1, -0.05) is 36.4 Å². The zero-order valence-corrected chi connectivity index (χ0v) is 16.5. The van der Waals surface area contributed by atoms with Gasteiger partial charge in [0.25, 0.3) is 0 Å². The normalized spacial score (nSPS) is 17.1. The molecule has 0 bridgehead atoms. The number of imidazole rings is 1. The fourth-order valence-electron chi connectivity index (χ4n) is 3.77. The van der Waals surface area contributed by atoms with E-state index in [1.54, 1.807) is 21.9 Å². The average Bonchev–Trinajstić information content (AvgIpc) is 3.36. The van der Waals surface area contributed by atoms with Crippen molar-refractivity contribution in [3.8, 4) is 0 Å². The zero-order valence-electron chi connectivity index (χ0n) is 16.5. The molecular weight excluding hydrogens is 386 g/mol. The van der Waals surface area contributed by atoms with Gasteiger partial charge in [0.05, 0.1) is 24.1 Å². The maximum absolute atomic E-state index is 14.4. The van der Waals surface area contributed by atoms with Gasteiger partial charge < -0.3 is 15.2 Å². The summed E-state index contributed by atoms with van der Waals surface area (Å²) in [4.78, 5) is 19.1. The highest BCUT2D eigenvalue weighted by Crippen LogP contribution is 2.36. The van der Waals surface area contributed by atoms with Crippen LogP contribution in [0.4, 0.5) is 8.78 Å². The molecule has 7 heteroatoms. The number of aromatic nitrogens is 2. The lowest BCUT2D eigenvalue weighted by molar-refractivity contribution is -0.133. The third-order valence-corrected chi connectivity index (χ3v) is 5.24. The topological polar surface area (TPSA) is 64.2 Å². The van der Waals surface area contributed by atoms with Gasteiger partial charge in [0.2, 0.25) is 5.91 Å². The Labute approximate surface area is 173 Å². The number of benzene rings is 2. The molecule has 1 amide bonds. The Hall–Kier alpha value is -3.32. The fraction of sp³-hybridized carbons (Fsp3) is 0.217. The third kappa shape index (κ3) is 4.02. The molecule has 2 atom stereocenters. The second-order valence-corrected chi connectivity index (χ2v) is 7.48. The summed E-state index contributed by atoms with van der Waals surface area (Å²) in [5.74, 6) is -1.32. The molecule has 0 saturated heterocycles. The first-order valence-corrected chi connectivity index (χ1v) is 9.66. The number of nitrogens with zero attached hydrogens (tertiary/aromatic N) is 3. The Morgan fingerprint density at radius 3 is 2.70 bits per heavy atom. The molecule has 1 aliphatic heterocycles. The van der Waals surface area contributed by atoms with Gasteiger partial charge in [-0.05, 0) is 29.3 Å². The van der Waals surface area contributed by atoms with Crippen LogP contribution in [0, 0.1) is 11.6 Å². The van der Waals surface area contributed by atoms with Gasteiger partial charge in [-0.3, -0.25) is 4.79 Å². The fourth-order valence-corrected chi connectivity index (χ4v) is 3.77. The molecule has 154 valence electrons. The van der Waals surface area contributed by atoms with Gasteiger partial charge in [-0.2, -0.15) is 0 Å². The van der Waals surface area contributed by atoms with Crippen LogP contribution in [0.15, 0.2) is 67.1 Å². The first kappa shape index (κ1) is 20.0. The van der Waals surface area contributed by atoms with E-state index in [1.807, 2.05) is 43.6 Å². The minimum Gasteiger partial charge on any atom is -0.340 e. The van der Waals surface area contributed by atoms with Crippen molar-refractivity contribution in [2.75, 3.05) is 6.54 Å². The monoisotopic (exact) mass is 408 g/mol. The standard InChI is InChI=1S/C23H22F2N4O/c1-28-13-18(27-14-28)11-21(26)23(30)29-12-16(19-10-17(24)7-8-20(19)25)9-22(29)15-5-3-2-4-6-15/h2-10,13-14,21-22H,11-12,26H2,1H3/t21-,22?/m0/s1. The highest BCUT2D eigenvalue weighted by atomic mass is 19.1. The van der Waals surface area contributed by atoms with Gasteiger partial charge in [0, 0.05) is 31.8 Å². The molecule has 3 aromatic rings. The molecule has 5 nitrogen and oxygen atoms in total. The number of hydrogen-bond acceptors (Lipinski definition) is 3. The van der Waals surface area contributed by atoms with Crippen LogP contribution in [0.2, 0.25) is 0 Å². The lowest BCUT2D eigenvalue weighted by Gasteiger charge is -2.27. The first-order valence-electron chi connectivity index (χ1n) is 9.66. The summed E-state index contributed by atoms with van der Waals surface area (Å²) < 4.78 is 29.9. The zero-order chi connectivity index (χ0) is 21.3. The number of nitrogens with two attached hydrogens (primary N) is 1. The van der Waals surface area contributed by atoms with Crippen molar-refractivity contribution in [1.29, 1.82) is 0 Å². The summed E-state index contributed by atoms with van der Waals surface area (Å²) in [6, 6.07) is 11.6. The van der Waals surface area contributed by atoms with Crippen LogP contribution in [-0.4, -0.2) is 32.9 Å². The van der Waals surface area contributed by atoms with Gasteiger partial charge in [0.15, 0.2) is 0 Å². The summed E-state index contributed by atoms with van der Waals surface area (Å²) >= 11 is 0. The highest BCUT2D eigenvalue weighted by molar-refractivity contribution is 5.87. The Bertz CT molecular complexity index is 1090. The molecule has 0 fully saturated rings. The van der Waals surface area contributed by atoms with E-state index in [4.69, 9.17) is 5.73 Å². The molecule has 0 spiro atoms. The van der Waals surface area contributed by atoms with Crippen LogP contribution in [0.1, 0.15) is 22.9 Å². The quantitative estimate of drug-likeness (QED) is 0.705. The molecule has 2 N–H and O–H groups in total. The van der Waals surface area contributed by atoms with Crippen molar-refractivity contribution < 1.29 is 13.6 Å². The van der Waals surface area contributed by atoms with Crippen molar-refractivity contribution in [2.45, 2.75) is 18.5 Å². The number of amides is 1. The summed E-state index contributed by atoms with van der Waals surface area (Å²) in [6.45, 7) is 0.148. The van der Waals surface area contributed by atoms with E-state index in [9.17, 15) is 13.6 Å². The van der Waals surface area contributed by atoms with Crippen molar-refractivity contribution in [2.24, 2.45) is 12.8 Å². The maximum Gasteiger partial charge on any atom is 0.240 e. The van der Waals surface area contributed by atoms with E-state index >= 15 is 0 Å². The third-order valence-electron chi connectivity index (χ3n) is 5.24. The lowest BCUT2D eigenvalue weighted by atomic mass is 10.0. The summed E-state index contributed by atoms with van der Waals surface area (Å²) in [5, 5.41) is 0. The molecule has 2 heterocycles. The molecule has 1 aliphatic rings. The molecular formula is C23H22F2N4O. The molecule has 1 aromatic heterocycles. The Morgan fingerprint density at radius 1 is 1.23 bits per heavy atom. The SMILES string of the molecule is Cn1cnc(C[C@H](N)C(=O)N2CC(c3cc(F)ccc3F)=CC2c2ccccc2)c1. The minimum atomic E-state index is -0.795. The number of rotatable bonds is 5. The largest absolute Gasteiger partial charge is 0.340 e. The number of halogens is 2. The van der Waals surface area contributed by atoms with E-state index < -0.39 is 23.7 Å². The van der Waals surface area contributed by atoms with E-state index in [0.29, 0.717) is 12.0 Å². The van der Waals surface area contributed by atoms with Crippen molar-refractivity contribution in [1.82, 2.24) is 14.5 Å². The average molecular weight is 408 g/mol. The summed E-state index contributed by atoms with van der Waals surface area (Å²) in [5.41, 5.74) is 8.53. The lowest BCUT2D eigenvalue weighted by Crippen LogP contribution is -2.45. The molecule has 4 rings (SSSR count). The van der Waals surface area contributed by atoms with Gasteiger partial charge in [-0.15, -0.1) is 0 Å². The smallest absolute Gasteiger partial charge is 0.240 e. The number of hydrogen-bond donors (Lipinski definition) is 1. The molecule has 0 saturated carbocycles. The second kappa shape index (κ2) is 8.20. The van der Waals surface area contributed by atoms with Gasteiger partial charge in [0.1, 0.15) is 11.6 Å². The van der Waals surface area contributed by atoms with Crippen molar-refractivity contribution >= 4 is 11.5 Å². The Kier molecular flexibility index (Phi) is 5.46. The second-order valence-electron chi connectivity index (χ2n) is 7.48. The van der Waals surface area contributed by atoms with Crippen LogP contribution in [0.3, 0.4) is 0 Å². The summed E-state index contributed by atoms with van der Waals surface area (Å²) in [6.07, 6.45) is 5.57. The molecule has 2 aromatic carbocycles. The van der Waals surface area contributed by atoms with E-state index in [-0.39, 0.29) is 18.0 Å². The van der Waals surface area contributed by atoms with Crippen LogP contribution < -0.4 is 5.73 Å². The predicted octanol–water partition coefficient (Wildman–Crippen LogP) is 3.24. The summed E-state index contributed by atoms with van der Waals surface area (Å²) in [7, 11) is 1.85. The van der Waals surface area contributed by atoms with Crippen molar-refractivity contribution in [3.63, 3.8) is 0 Å². The first-order chi connectivity index (χ1) is 14.4. The maximum atomic E-state index is 14.4. The van der Waals surface area contributed by atoms with E-state index in [2.05, 4.69) is 4.98 Å². The molecule has 0 aliphatic carbocycles. The molecule has 30 heavy (non-hydrogen) atoms. The Morgan fingerprint density at radius 2 is 2.00 bits per heavy atom. The van der Waals surface area contributed by atoms with Crippen LogP contribution in [0.25, 0.3) is 5.57 Å². The number of aryl methyl sites for hydroxylation is 1. The number of carbonyl (C=O) groups excluding carboxylic acids is 1. The van der Waals surface area contributed by atoms with Crippen LogP contribution >= 0.6 is 0 Å². The van der Waals surface area contributed by atoms with Crippen LogP contribution in [0.5, 0.6) is 0 Å². The molecule has 0 radical (unpaired) electrons. The van der Waals surface area contributed by atoms with Crippen LogP contribution in [-0.2, 0) is 18.3 Å². The van der Waals surface area contributed by atoms with Gasteiger partial charge >= 0.3 is 0 Å². The Balaban J connectivity index is 1.64. The molecule has 1 unspecified atom stereocenters. The van der Waals surface area contributed by atoms with Gasteiger partial charge in [-0.25, -0.2) is 13.8 Å². The highest BCUT2D eigenvalue weighted by Gasteiger charge is 2.34. The number of carbonyl (C=O) groups is 1. The predicted molar refractivity (Wildman–Crippen MR) is 110 cm³/mol. The van der Waals surface area contributed by atoms with E-state index in [0.717, 1.165) is 29.5 Å². The minimum absolute atomic E-state index is 0.148. The van der Waals surface area contributed by atoms with E-state index in [1.165, 1.54) is 0 Å². The van der Waals surface area contributed by atoms with Crippen molar-refractivity contribution in [3.05, 3.63) is 95.6 Å².